The van der Waals surface area contributed by atoms with Gasteiger partial charge in [0, 0.05) is 0 Å². The summed E-state index contributed by atoms with van der Waals surface area (Å²) in [6, 6.07) is 3.91. The van der Waals surface area contributed by atoms with Gasteiger partial charge < -0.3 is 9.73 Å². The molecule has 1 fully saturated rings. The number of carbonyl (C=O) groups excluding carboxylic acids is 1. The molecule has 100 valence electrons. The summed E-state index contributed by atoms with van der Waals surface area (Å²) in [4.78, 5) is 12.0. The second kappa shape index (κ2) is 5.36. The van der Waals surface area contributed by atoms with Crippen LogP contribution < -0.4 is 5.32 Å². The average Bonchev–Trinajstić information content (AvgIpc) is 3.10. The van der Waals surface area contributed by atoms with Crippen molar-refractivity contribution in [1.82, 2.24) is 20.3 Å². The molecule has 3 heterocycles. The molecular weight excluding hydrogens is 244 g/mol. The summed E-state index contributed by atoms with van der Waals surface area (Å²) in [6.07, 6.45) is 5.60. The normalized spacial score (nSPS) is 16.6. The number of Topliss-reactive ketones (excluding diaryl/α,β-unsaturated/α-hetero) is 1. The molecule has 0 spiro atoms. The maximum Gasteiger partial charge on any atom is 0.192 e. The van der Waals surface area contributed by atoms with Crippen LogP contribution in [-0.4, -0.2) is 33.9 Å². The monoisotopic (exact) mass is 260 g/mol. The first-order valence-corrected chi connectivity index (χ1v) is 6.51. The van der Waals surface area contributed by atoms with Crippen LogP contribution in [0, 0.1) is 0 Å². The van der Waals surface area contributed by atoms with Gasteiger partial charge >= 0.3 is 0 Å². The van der Waals surface area contributed by atoms with Gasteiger partial charge in [0.2, 0.25) is 0 Å². The standard InChI is InChI=1S/C13H16N4O2/c18-13(8-11-2-1-7-19-11)12-9-17(16-15-12)10-3-5-14-6-4-10/h1-2,7,9-10,14H,3-6,8H2. The number of piperidine rings is 1. The van der Waals surface area contributed by atoms with E-state index in [0.29, 0.717) is 17.5 Å². The smallest absolute Gasteiger partial charge is 0.192 e. The molecule has 0 amide bonds. The van der Waals surface area contributed by atoms with Crippen molar-refractivity contribution in [3.05, 3.63) is 36.0 Å². The van der Waals surface area contributed by atoms with Crippen molar-refractivity contribution >= 4 is 5.78 Å². The Hall–Kier alpha value is -1.95. The van der Waals surface area contributed by atoms with Crippen molar-refractivity contribution in [2.75, 3.05) is 13.1 Å². The average molecular weight is 260 g/mol. The second-order valence-corrected chi connectivity index (χ2v) is 4.74. The Kier molecular flexibility index (Phi) is 3.41. The van der Waals surface area contributed by atoms with Gasteiger partial charge in [-0.15, -0.1) is 5.10 Å². The third-order valence-electron chi connectivity index (χ3n) is 3.39. The maximum absolute atomic E-state index is 12.0. The van der Waals surface area contributed by atoms with Crippen LogP contribution >= 0.6 is 0 Å². The highest BCUT2D eigenvalue weighted by Gasteiger charge is 2.19. The fraction of sp³-hybridized carbons (Fsp3) is 0.462. The molecule has 0 saturated carbocycles. The van der Waals surface area contributed by atoms with Gasteiger partial charge in [0.05, 0.1) is 24.9 Å². The molecule has 2 aromatic heterocycles. The molecule has 1 N–H and O–H groups in total. The highest BCUT2D eigenvalue weighted by atomic mass is 16.3. The Labute approximate surface area is 110 Å². The molecule has 3 rings (SSSR count). The van der Waals surface area contributed by atoms with Crippen molar-refractivity contribution in [1.29, 1.82) is 0 Å². The van der Waals surface area contributed by atoms with Gasteiger partial charge in [-0.1, -0.05) is 5.21 Å². The summed E-state index contributed by atoms with van der Waals surface area (Å²) in [5.41, 5.74) is 0.412. The number of hydrogen-bond acceptors (Lipinski definition) is 5. The molecule has 1 saturated heterocycles. The van der Waals surface area contributed by atoms with E-state index in [2.05, 4.69) is 15.6 Å². The molecule has 0 unspecified atom stereocenters. The van der Waals surface area contributed by atoms with Gasteiger partial charge in [-0.2, -0.15) is 0 Å². The summed E-state index contributed by atoms with van der Waals surface area (Å²) >= 11 is 0. The zero-order chi connectivity index (χ0) is 13.1. The Morgan fingerprint density at radius 1 is 1.47 bits per heavy atom. The molecule has 1 aliphatic heterocycles. The third-order valence-corrected chi connectivity index (χ3v) is 3.39. The topological polar surface area (TPSA) is 73.0 Å². The predicted octanol–water partition coefficient (Wildman–Crippen LogP) is 1.22. The molecule has 0 bridgehead atoms. The largest absolute Gasteiger partial charge is 0.469 e. The minimum Gasteiger partial charge on any atom is -0.469 e. The molecule has 0 atom stereocenters. The van der Waals surface area contributed by atoms with Crippen LogP contribution in [0.2, 0.25) is 0 Å². The van der Waals surface area contributed by atoms with Crippen LogP contribution in [0.15, 0.2) is 29.0 Å². The van der Waals surface area contributed by atoms with Crippen molar-refractivity contribution in [2.24, 2.45) is 0 Å². The van der Waals surface area contributed by atoms with Crippen molar-refractivity contribution in [3.63, 3.8) is 0 Å². The molecule has 2 aromatic rings. The number of ketones is 1. The van der Waals surface area contributed by atoms with E-state index >= 15 is 0 Å². The van der Waals surface area contributed by atoms with E-state index < -0.39 is 0 Å². The molecule has 0 aliphatic carbocycles. The Bertz CT molecular complexity index is 541. The molecule has 6 heteroatoms. The summed E-state index contributed by atoms with van der Waals surface area (Å²) in [5, 5.41) is 11.4. The van der Waals surface area contributed by atoms with Crippen LogP contribution in [0.4, 0.5) is 0 Å². The van der Waals surface area contributed by atoms with Crippen molar-refractivity contribution in [2.45, 2.75) is 25.3 Å². The van der Waals surface area contributed by atoms with E-state index in [1.807, 2.05) is 4.68 Å². The number of rotatable bonds is 4. The van der Waals surface area contributed by atoms with Crippen molar-refractivity contribution in [3.8, 4) is 0 Å². The summed E-state index contributed by atoms with van der Waals surface area (Å²) < 4.78 is 6.98. The number of furan rings is 1. The maximum atomic E-state index is 12.0. The zero-order valence-electron chi connectivity index (χ0n) is 10.6. The third kappa shape index (κ3) is 2.73. The molecular formula is C13H16N4O2. The lowest BCUT2D eigenvalue weighted by atomic mass is 10.1. The van der Waals surface area contributed by atoms with Crippen LogP contribution in [0.3, 0.4) is 0 Å². The van der Waals surface area contributed by atoms with E-state index in [4.69, 9.17) is 4.42 Å². The SMILES string of the molecule is O=C(Cc1ccco1)c1cn(C2CCNCC2)nn1. The summed E-state index contributed by atoms with van der Waals surface area (Å²) in [6.45, 7) is 1.97. The Morgan fingerprint density at radius 2 is 2.32 bits per heavy atom. The number of nitrogens with one attached hydrogen (secondary N) is 1. The predicted molar refractivity (Wildman–Crippen MR) is 67.9 cm³/mol. The van der Waals surface area contributed by atoms with Crippen molar-refractivity contribution < 1.29 is 9.21 Å². The van der Waals surface area contributed by atoms with Gasteiger partial charge in [-0.05, 0) is 38.1 Å². The lowest BCUT2D eigenvalue weighted by Gasteiger charge is -2.22. The summed E-state index contributed by atoms with van der Waals surface area (Å²) in [5.74, 6) is 0.594. The van der Waals surface area contributed by atoms with Crippen LogP contribution in [0.1, 0.15) is 35.1 Å². The van der Waals surface area contributed by atoms with Crippen LogP contribution in [-0.2, 0) is 6.42 Å². The number of nitrogens with zero attached hydrogens (tertiary/aromatic N) is 3. The molecule has 1 aliphatic rings. The molecule has 6 nitrogen and oxygen atoms in total. The lowest BCUT2D eigenvalue weighted by molar-refractivity contribution is 0.0982. The first-order valence-electron chi connectivity index (χ1n) is 6.51. The Balaban J connectivity index is 1.68. The lowest BCUT2D eigenvalue weighted by Crippen LogP contribution is -2.29. The number of hydrogen-bond donors (Lipinski definition) is 1. The second-order valence-electron chi connectivity index (χ2n) is 4.74. The molecule has 0 aromatic carbocycles. The van der Waals surface area contributed by atoms with Gasteiger partial charge in [-0.25, -0.2) is 4.68 Å². The van der Waals surface area contributed by atoms with Crippen LogP contribution in [0.25, 0.3) is 0 Å². The van der Waals surface area contributed by atoms with Gasteiger partial charge in [0.25, 0.3) is 0 Å². The fourth-order valence-electron chi connectivity index (χ4n) is 2.32. The zero-order valence-corrected chi connectivity index (χ0v) is 10.6. The van der Waals surface area contributed by atoms with E-state index in [-0.39, 0.29) is 12.2 Å². The van der Waals surface area contributed by atoms with Gasteiger partial charge in [0.1, 0.15) is 11.5 Å². The highest BCUT2D eigenvalue weighted by molar-refractivity contribution is 5.95. The minimum absolute atomic E-state index is 0.0601. The van der Waals surface area contributed by atoms with Crippen LogP contribution in [0.5, 0.6) is 0 Å². The first kappa shape index (κ1) is 12.1. The highest BCUT2D eigenvalue weighted by Crippen LogP contribution is 2.17. The van der Waals surface area contributed by atoms with E-state index in [1.165, 1.54) is 0 Å². The Morgan fingerprint density at radius 3 is 3.05 bits per heavy atom. The van der Waals surface area contributed by atoms with E-state index in [9.17, 15) is 4.79 Å². The molecule has 19 heavy (non-hydrogen) atoms. The first-order chi connectivity index (χ1) is 9.33. The quantitative estimate of drug-likeness (QED) is 0.837. The molecule has 0 radical (unpaired) electrons. The summed E-state index contributed by atoms with van der Waals surface area (Å²) in [7, 11) is 0. The minimum atomic E-state index is -0.0601. The number of carbonyl (C=O) groups is 1. The van der Waals surface area contributed by atoms with Gasteiger partial charge in [-0.3, -0.25) is 4.79 Å². The fourth-order valence-corrected chi connectivity index (χ4v) is 2.32. The van der Waals surface area contributed by atoms with E-state index in [0.717, 1.165) is 25.9 Å². The van der Waals surface area contributed by atoms with E-state index in [1.54, 1.807) is 24.6 Å². The van der Waals surface area contributed by atoms with Gasteiger partial charge in [0.15, 0.2) is 5.78 Å². The number of aromatic nitrogens is 3.